The molecule has 100 valence electrons. The number of nitrogens with two attached hydrogens (primary N) is 1. The highest BCUT2D eigenvalue weighted by Crippen LogP contribution is 2.34. The zero-order valence-electron chi connectivity index (χ0n) is 12.0. The van der Waals surface area contributed by atoms with Crippen molar-refractivity contribution in [1.82, 2.24) is 0 Å². The summed E-state index contributed by atoms with van der Waals surface area (Å²) >= 11 is 0. The number of hydrogen-bond donors (Lipinski definition) is 2. The molecule has 0 atom stereocenters. The van der Waals surface area contributed by atoms with E-state index in [1.807, 2.05) is 26.8 Å². The van der Waals surface area contributed by atoms with Gasteiger partial charge in [-0.05, 0) is 51.3 Å². The summed E-state index contributed by atoms with van der Waals surface area (Å²) in [7, 11) is 1.60. The van der Waals surface area contributed by atoms with E-state index in [0.717, 1.165) is 16.7 Å². The maximum Gasteiger partial charge on any atom is 0.243 e. The largest absolute Gasteiger partial charge is 0.494 e. The van der Waals surface area contributed by atoms with Gasteiger partial charge in [0.1, 0.15) is 5.75 Å². The molecule has 1 aromatic carbocycles. The molecule has 3 N–H and O–H groups in total. The van der Waals surface area contributed by atoms with Crippen molar-refractivity contribution in [1.29, 1.82) is 0 Å². The Labute approximate surface area is 109 Å². The molecule has 0 fully saturated rings. The molecular weight excluding hydrogens is 228 g/mol. The number of benzene rings is 1. The first-order valence-corrected chi connectivity index (χ1v) is 5.93. The fourth-order valence-electron chi connectivity index (χ4n) is 1.74. The van der Waals surface area contributed by atoms with E-state index in [9.17, 15) is 4.79 Å². The fourth-order valence-corrected chi connectivity index (χ4v) is 1.74. The minimum atomic E-state index is -0.920. The lowest BCUT2D eigenvalue weighted by atomic mass is 10.0. The van der Waals surface area contributed by atoms with Gasteiger partial charge < -0.3 is 15.8 Å². The van der Waals surface area contributed by atoms with Crippen LogP contribution in [0.2, 0.25) is 0 Å². The van der Waals surface area contributed by atoms with Gasteiger partial charge in [0.25, 0.3) is 0 Å². The molecule has 0 radical (unpaired) electrons. The number of amides is 1. The van der Waals surface area contributed by atoms with E-state index in [0.29, 0.717) is 11.4 Å². The zero-order valence-corrected chi connectivity index (χ0v) is 12.0. The van der Waals surface area contributed by atoms with Gasteiger partial charge in [-0.25, -0.2) is 0 Å². The third-order valence-electron chi connectivity index (χ3n) is 3.01. The maximum absolute atomic E-state index is 12.0. The predicted octanol–water partition coefficient (Wildman–Crippen LogP) is 2.30. The summed E-state index contributed by atoms with van der Waals surface area (Å²) < 4.78 is 5.40. The van der Waals surface area contributed by atoms with E-state index in [1.54, 1.807) is 21.0 Å². The Bertz CT molecular complexity index is 474. The molecular formula is C14H22N2O2. The molecule has 0 heterocycles. The molecule has 1 rings (SSSR count). The SMILES string of the molecule is COc1c(C)c(C)cc(C)c1NC(=O)C(C)(C)N. The molecule has 4 nitrogen and oxygen atoms in total. The zero-order chi connectivity index (χ0) is 14.1. The van der Waals surface area contributed by atoms with E-state index in [2.05, 4.69) is 5.32 Å². The Morgan fingerprint density at radius 2 is 1.83 bits per heavy atom. The highest BCUT2D eigenvalue weighted by molar-refractivity contribution is 5.99. The van der Waals surface area contributed by atoms with Gasteiger partial charge in [0.2, 0.25) is 5.91 Å². The van der Waals surface area contributed by atoms with Gasteiger partial charge in [-0.15, -0.1) is 0 Å². The molecule has 18 heavy (non-hydrogen) atoms. The van der Waals surface area contributed by atoms with Crippen molar-refractivity contribution in [2.75, 3.05) is 12.4 Å². The molecule has 1 amide bonds. The third-order valence-corrected chi connectivity index (χ3v) is 3.01. The van der Waals surface area contributed by atoms with E-state index in [1.165, 1.54) is 0 Å². The number of nitrogens with one attached hydrogen (secondary N) is 1. The number of aryl methyl sites for hydroxylation is 2. The molecule has 4 heteroatoms. The number of rotatable bonds is 3. The van der Waals surface area contributed by atoms with Crippen LogP contribution >= 0.6 is 0 Å². The van der Waals surface area contributed by atoms with E-state index < -0.39 is 5.54 Å². The number of carbonyl (C=O) groups excluding carboxylic acids is 1. The van der Waals surface area contributed by atoms with Crippen LogP contribution in [0.3, 0.4) is 0 Å². The van der Waals surface area contributed by atoms with Crippen LogP contribution in [0.1, 0.15) is 30.5 Å². The summed E-state index contributed by atoms with van der Waals surface area (Å²) in [5.41, 5.74) is 8.68. The summed E-state index contributed by atoms with van der Waals surface area (Å²) in [4.78, 5) is 12.0. The summed E-state index contributed by atoms with van der Waals surface area (Å²) in [6.45, 7) is 9.27. The van der Waals surface area contributed by atoms with Gasteiger partial charge in [0, 0.05) is 0 Å². The monoisotopic (exact) mass is 250 g/mol. The number of methoxy groups -OCH3 is 1. The van der Waals surface area contributed by atoms with Crippen LogP contribution in [0.4, 0.5) is 5.69 Å². The van der Waals surface area contributed by atoms with Gasteiger partial charge >= 0.3 is 0 Å². The summed E-state index contributed by atoms with van der Waals surface area (Å²) in [6.07, 6.45) is 0. The maximum atomic E-state index is 12.0. The Morgan fingerprint density at radius 3 is 2.28 bits per heavy atom. The molecule has 0 aromatic heterocycles. The Kier molecular flexibility index (Phi) is 4.02. The lowest BCUT2D eigenvalue weighted by molar-refractivity contribution is -0.120. The van der Waals surface area contributed by atoms with Crippen LogP contribution in [-0.2, 0) is 4.79 Å². The minimum absolute atomic E-state index is 0.229. The first kappa shape index (κ1) is 14.5. The average Bonchev–Trinajstić information content (AvgIpc) is 2.24. The van der Waals surface area contributed by atoms with Gasteiger partial charge in [-0.3, -0.25) is 4.79 Å². The first-order chi connectivity index (χ1) is 8.18. The van der Waals surface area contributed by atoms with E-state index >= 15 is 0 Å². The van der Waals surface area contributed by atoms with Gasteiger partial charge in [0.15, 0.2) is 0 Å². The van der Waals surface area contributed by atoms with Crippen LogP contribution in [0.5, 0.6) is 5.75 Å². The summed E-state index contributed by atoms with van der Waals surface area (Å²) in [5, 5.41) is 2.85. The van der Waals surface area contributed by atoms with Crippen LogP contribution in [0.25, 0.3) is 0 Å². The smallest absolute Gasteiger partial charge is 0.243 e. The quantitative estimate of drug-likeness (QED) is 0.865. The van der Waals surface area contributed by atoms with Gasteiger partial charge in [-0.1, -0.05) is 6.07 Å². The lowest BCUT2D eigenvalue weighted by Gasteiger charge is -2.22. The molecule has 0 unspecified atom stereocenters. The first-order valence-electron chi connectivity index (χ1n) is 5.93. The Balaban J connectivity index is 3.25. The molecule has 0 saturated carbocycles. The highest BCUT2D eigenvalue weighted by Gasteiger charge is 2.24. The number of carbonyl (C=O) groups is 1. The Hall–Kier alpha value is -1.55. The second kappa shape index (κ2) is 4.98. The Morgan fingerprint density at radius 1 is 1.28 bits per heavy atom. The van der Waals surface area contributed by atoms with Crippen LogP contribution in [-0.4, -0.2) is 18.6 Å². The highest BCUT2D eigenvalue weighted by atomic mass is 16.5. The molecule has 0 saturated heterocycles. The molecule has 0 aliphatic carbocycles. The number of ether oxygens (including phenoxy) is 1. The van der Waals surface area contributed by atoms with Crippen LogP contribution < -0.4 is 15.8 Å². The van der Waals surface area contributed by atoms with Crippen LogP contribution in [0.15, 0.2) is 6.07 Å². The topological polar surface area (TPSA) is 64.3 Å². The normalized spacial score (nSPS) is 11.3. The number of anilines is 1. The van der Waals surface area contributed by atoms with Crippen molar-refractivity contribution in [3.05, 3.63) is 22.8 Å². The van der Waals surface area contributed by atoms with Crippen molar-refractivity contribution < 1.29 is 9.53 Å². The molecule has 0 bridgehead atoms. The van der Waals surface area contributed by atoms with Gasteiger partial charge in [0.05, 0.1) is 18.3 Å². The lowest BCUT2D eigenvalue weighted by Crippen LogP contribution is -2.45. The average molecular weight is 250 g/mol. The van der Waals surface area contributed by atoms with Crippen molar-refractivity contribution in [2.45, 2.75) is 40.2 Å². The minimum Gasteiger partial charge on any atom is -0.494 e. The van der Waals surface area contributed by atoms with Crippen molar-refractivity contribution in [2.24, 2.45) is 5.73 Å². The standard InChI is InChI=1S/C14H22N2O2/c1-8-7-9(2)11(12(18-6)10(8)3)16-13(17)14(4,5)15/h7H,15H2,1-6H3,(H,16,17). The van der Waals surface area contributed by atoms with Crippen LogP contribution in [0, 0.1) is 20.8 Å². The molecule has 0 spiro atoms. The second-order valence-electron chi connectivity index (χ2n) is 5.22. The third kappa shape index (κ3) is 2.82. The van der Waals surface area contributed by atoms with Crippen molar-refractivity contribution >= 4 is 11.6 Å². The van der Waals surface area contributed by atoms with Gasteiger partial charge in [-0.2, -0.15) is 0 Å². The predicted molar refractivity (Wildman–Crippen MR) is 74.1 cm³/mol. The van der Waals surface area contributed by atoms with Crippen molar-refractivity contribution in [3.8, 4) is 5.75 Å². The van der Waals surface area contributed by atoms with E-state index in [-0.39, 0.29) is 5.91 Å². The fraction of sp³-hybridized carbons (Fsp3) is 0.500. The number of hydrogen-bond acceptors (Lipinski definition) is 3. The van der Waals surface area contributed by atoms with Crippen molar-refractivity contribution in [3.63, 3.8) is 0 Å². The van der Waals surface area contributed by atoms with E-state index in [4.69, 9.17) is 10.5 Å². The second-order valence-corrected chi connectivity index (χ2v) is 5.22. The molecule has 0 aliphatic heterocycles. The molecule has 1 aromatic rings. The molecule has 0 aliphatic rings. The summed E-state index contributed by atoms with van der Waals surface area (Å²) in [5.74, 6) is 0.470. The summed E-state index contributed by atoms with van der Waals surface area (Å²) in [6, 6.07) is 2.02.